The lowest BCUT2D eigenvalue weighted by Crippen LogP contribution is -2.37. The van der Waals surface area contributed by atoms with Crippen LogP contribution in [-0.4, -0.2) is 30.1 Å². The summed E-state index contributed by atoms with van der Waals surface area (Å²) < 4.78 is 0.777. The second-order valence-electron chi connectivity index (χ2n) is 4.16. The van der Waals surface area contributed by atoms with Gasteiger partial charge in [0.2, 0.25) is 0 Å². The van der Waals surface area contributed by atoms with Gasteiger partial charge in [-0.25, -0.2) is 0 Å². The van der Waals surface area contributed by atoms with Crippen molar-refractivity contribution in [3.8, 4) is 5.75 Å². The summed E-state index contributed by atoms with van der Waals surface area (Å²) in [6, 6.07) is 5.18. The highest BCUT2D eigenvalue weighted by atomic mass is 79.9. The van der Waals surface area contributed by atoms with Crippen molar-refractivity contribution in [3.63, 3.8) is 0 Å². The fourth-order valence-corrected chi connectivity index (χ4v) is 2.29. The zero-order chi connectivity index (χ0) is 12.3. The van der Waals surface area contributed by atoms with Gasteiger partial charge in [-0.3, -0.25) is 4.79 Å². The number of carbonyl (C=O) groups excluding carboxylic acids is 1. The molecule has 0 aromatic heterocycles. The van der Waals surface area contributed by atoms with Crippen LogP contribution >= 0.6 is 28.3 Å². The molecule has 1 aromatic rings. The molecule has 6 heteroatoms. The zero-order valence-corrected chi connectivity index (χ0v) is 12.2. The molecule has 0 radical (unpaired) electrons. The lowest BCUT2D eigenvalue weighted by atomic mass is 10.1. The van der Waals surface area contributed by atoms with E-state index in [9.17, 15) is 9.90 Å². The lowest BCUT2D eigenvalue weighted by molar-refractivity contribution is 0.0947. The van der Waals surface area contributed by atoms with E-state index in [4.69, 9.17) is 0 Å². The van der Waals surface area contributed by atoms with E-state index in [1.807, 2.05) is 0 Å². The third-order valence-electron chi connectivity index (χ3n) is 2.87. The minimum absolute atomic E-state index is 0. The van der Waals surface area contributed by atoms with E-state index < -0.39 is 0 Å². The van der Waals surface area contributed by atoms with E-state index in [0.717, 1.165) is 23.9 Å². The van der Waals surface area contributed by atoms with Gasteiger partial charge in [0.1, 0.15) is 5.75 Å². The molecule has 1 atom stereocenters. The van der Waals surface area contributed by atoms with Crippen molar-refractivity contribution in [2.75, 3.05) is 13.1 Å². The van der Waals surface area contributed by atoms with E-state index in [2.05, 4.69) is 26.6 Å². The van der Waals surface area contributed by atoms with Crippen LogP contribution in [-0.2, 0) is 0 Å². The molecule has 4 nitrogen and oxygen atoms in total. The molecule has 3 N–H and O–H groups in total. The Balaban J connectivity index is 0.00000162. The van der Waals surface area contributed by atoms with Crippen LogP contribution in [0.2, 0.25) is 0 Å². The Kier molecular flexibility index (Phi) is 5.91. The third kappa shape index (κ3) is 3.86. The molecule has 18 heavy (non-hydrogen) atoms. The largest absolute Gasteiger partial charge is 0.507 e. The average Bonchev–Trinajstić information content (AvgIpc) is 2.82. The summed E-state index contributed by atoms with van der Waals surface area (Å²) in [4.78, 5) is 11.9. The Bertz CT molecular complexity index is 423. The van der Waals surface area contributed by atoms with Crippen LogP contribution in [0.5, 0.6) is 5.75 Å². The molecule has 1 amide bonds. The first-order valence-electron chi connectivity index (χ1n) is 5.67. The number of phenolic OH excluding ortho intramolecular Hbond substituents is 1. The number of phenols is 1. The lowest BCUT2D eigenvalue weighted by Gasteiger charge is -2.12. The topological polar surface area (TPSA) is 61.4 Å². The van der Waals surface area contributed by atoms with Gasteiger partial charge in [0.25, 0.3) is 5.91 Å². The Morgan fingerprint density at radius 3 is 3.00 bits per heavy atom. The van der Waals surface area contributed by atoms with Gasteiger partial charge in [0.05, 0.1) is 5.56 Å². The quantitative estimate of drug-likeness (QED) is 0.792. The molecule has 0 aliphatic carbocycles. The predicted molar refractivity (Wildman–Crippen MR) is 76.4 cm³/mol. The van der Waals surface area contributed by atoms with Crippen LogP contribution < -0.4 is 10.6 Å². The smallest absolute Gasteiger partial charge is 0.255 e. The van der Waals surface area contributed by atoms with Crippen LogP contribution in [0.4, 0.5) is 0 Å². The fourth-order valence-electron chi connectivity index (χ4n) is 1.93. The fraction of sp³-hybridized carbons (Fsp3) is 0.417. The van der Waals surface area contributed by atoms with Gasteiger partial charge in [0.15, 0.2) is 0 Å². The molecule has 2 rings (SSSR count). The van der Waals surface area contributed by atoms with E-state index in [1.165, 1.54) is 6.07 Å². The van der Waals surface area contributed by atoms with E-state index in [1.54, 1.807) is 12.1 Å². The number of rotatable bonds is 3. The average molecular weight is 336 g/mol. The molecule has 0 saturated carbocycles. The normalized spacial score (nSPS) is 18.2. The first-order valence-corrected chi connectivity index (χ1v) is 6.46. The molecule has 1 aromatic carbocycles. The van der Waals surface area contributed by atoms with Crippen LogP contribution in [0.15, 0.2) is 22.7 Å². The molecule has 0 bridgehead atoms. The van der Waals surface area contributed by atoms with E-state index >= 15 is 0 Å². The highest BCUT2D eigenvalue weighted by molar-refractivity contribution is 9.10. The molecule has 1 fully saturated rings. The summed E-state index contributed by atoms with van der Waals surface area (Å²) in [5.74, 6) is -0.234. The standard InChI is InChI=1S/C12H15BrN2O2.ClH/c13-8-3-4-11(16)10(6-8)12(17)15-7-9-2-1-5-14-9;/h3-4,6,9,14,16H,1-2,5,7H2,(H,15,17);1H. The number of hydrogen-bond donors (Lipinski definition) is 3. The summed E-state index contributed by atoms with van der Waals surface area (Å²) in [6.07, 6.45) is 2.24. The summed E-state index contributed by atoms with van der Waals surface area (Å²) in [5.41, 5.74) is 0.303. The van der Waals surface area contributed by atoms with E-state index in [0.29, 0.717) is 18.2 Å². The molecule has 1 heterocycles. The number of hydrogen-bond acceptors (Lipinski definition) is 3. The summed E-state index contributed by atoms with van der Waals surface area (Å²) in [5, 5.41) is 15.7. The predicted octanol–water partition coefficient (Wildman–Crippen LogP) is 2.06. The van der Waals surface area contributed by atoms with Gasteiger partial charge < -0.3 is 15.7 Å². The highest BCUT2D eigenvalue weighted by Gasteiger charge is 2.16. The van der Waals surface area contributed by atoms with Gasteiger partial charge in [-0.15, -0.1) is 12.4 Å². The van der Waals surface area contributed by atoms with Crippen LogP contribution in [0.1, 0.15) is 23.2 Å². The van der Waals surface area contributed by atoms with Crippen molar-refractivity contribution in [2.45, 2.75) is 18.9 Å². The number of halogens is 2. The van der Waals surface area contributed by atoms with Crippen LogP contribution in [0.3, 0.4) is 0 Å². The van der Waals surface area contributed by atoms with Crippen molar-refractivity contribution < 1.29 is 9.90 Å². The second-order valence-corrected chi connectivity index (χ2v) is 5.08. The van der Waals surface area contributed by atoms with Gasteiger partial charge in [-0.05, 0) is 37.6 Å². The summed E-state index contributed by atoms with van der Waals surface area (Å²) in [7, 11) is 0. The molecule has 1 aliphatic rings. The van der Waals surface area contributed by atoms with Gasteiger partial charge in [-0.1, -0.05) is 15.9 Å². The maximum absolute atomic E-state index is 11.9. The third-order valence-corrected chi connectivity index (χ3v) is 3.37. The minimum atomic E-state index is -0.238. The maximum Gasteiger partial charge on any atom is 0.255 e. The summed E-state index contributed by atoms with van der Waals surface area (Å²) >= 11 is 3.28. The Morgan fingerprint density at radius 2 is 2.33 bits per heavy atom. The summed E-state index contributed by atoms with van der Waals surface area (Å²) in [6.45, 7) is 1.62. The monoisotopic (exact) mass is 334 g/mol. The molecule has 1 unspecified atom stereocenters. The molecular weight excluding hydrogens is 320 g/mol. The second kappa shape index (κ2) is 6.97. The maximum atomic E-state index is 11.9. The number of aromatic hydroxyl groups is 1. The first kappa shape index (κ1) is 15.3. The van der Waals surface area contributed by atoms with Crippen molar-refractivity contribution in [1.82, 2.24) is 10.6 Å². The number of carbonyl (C=O) groups is 1. The first-order chi connectivity index (χ1) is 8.16. The Hall–Kier alpha value is -0.780. The van der Waals surface area contributed by atoms with Crippen molar-refractivity contribution in [3.05, 3.63) is 28.2 Å². The highest BCUT2D eigenvalue weighted by Crippen LogP contribution is 2.21. The van der Waals surface area contributed by atoms with Crippen molar-refractivity contribution >= 4 is 34.2 Å². The molecule has 100 valence electrons. The van der Waals surface area contributed by atoms with Crippen molar-refractivity contribution in [1.29, 1.82) is 0 Å². The molecular formula is C12H16BrClN2O2. The van der Waals surface area contributed by atoms with Gasteiger partial charge in [-0.2, -0.15) is 0 Å². The van der Waals surface area contributed by atoms with E-state index in [-0.39, 0.29) is 24.1 Å². The molecule has 1 saturated heterocycles. The SMILES string of the molecule is Cl.O=C(NCC1CCCN1)c1cc(Br)ccc1O. The van der Waals surface area contributed by atoms with Crippen LogP contribution in [0, 0.1) is 0 Å². The zero-order valence-electron chi connectivity index (χ0n) is 9.78. The Morgan fingerprint density at radius 1 is 1.56 bits per heavy atom. The number of amides is 1. The van der Waals surface area contributed by atoms with Crippen molar-refractivity contribution in [2.24, 2.45) is 0 Å². The molecule has 1 aliphatic heterocycles. The number of nitrogens with one attached hydrogen (secondary N) is 2. The number of benzene rings is 1. The Labute approximate surface area is 121 Å². The molecule has 0 spiro atoms. The van der Waals surface area contributed by atoms with Gasteiger partial charge in [0, 0.05) is 17.1 Å². The van der Waals surface area contributed by atoms with Crippen LogP contribution in [0.25, 0.3) is 0 Å². The minimum Gasteiger partial charge on any atom is -0.507 e. The van der Waals surface area contributed by atoms with Gasteiger partial charge >= 0.3 is 0 Å².